The molecule has 0 aromatic heterocycles. The van der Waals surface area contributed by atoms with Crippen molar-refractivity contribution in [3.8, 4) is 0 Å². The van der Waals surface area contributed by atoms with Crippen LogP contribution in [0.3, 0.4) is 0 Å². The number of carboxylic acid groups (broad SMARTS) is 1. The van der Waals surface area contributed by atoms with Crippen molar-refractivity contribution >= 4 is 19.2 Å². The molecule has 1 N–H and O–H groups in total. The molecule has 0 saturated heterocycles. The Labute approximate surface area is 110 Å². The van der Waals surface area contributed by atoms with Crippen LogP contribution >= 0.6 is 0 Å². The van der Waals surface area contributed by atoms with Crippen molar-refractivity contribution in [2.24, 2.45) is 5.92 Å². The molecular formula is C15H22O2Si. The van der Waals surface area contributed by atoms with Crippen LogP contribution in [-0.4, -0.2) is 19.1 Å². The Kier molecular flexibility index (Phi) is 4.90. The highest BCUT2D eigenvalue weighted by Gasteiger charge is 2.37. The first-order valence-electron chi connectivity index (χ1n) is 6.32. The number of allylic oxidation sites excluding steroid dienone is 2. The zero-order chi connectivity index (χ0) is 13.8. The first-order chi connectivity index (χ1) is 8.41. The lowest BCUT2D eigenvalue weighted by atomic mass is 10.1. The maximum atomic E-state index is 11.3. The number of carbonyl (C=O) groups is 1. The van der Waals surface area contributed by atoms with E-state index in [0.717, 1.165) is 0 Å². The Bertz CT molecular complexity index is 423. The number of hydrogen-bond donors (Lipinski definition) is 1. The van der Waals surface area contributed by atoms with E-state index in [1.54, 1.807) is 0 Å². The number of aliphatic carboxylic acids is 1. The molecule has 1 aromatic rings. The highest BCUT2D eigenvalue weighted by molar-refractivity contribution is 6.91. The average Bonchev–Trinajstić information content (AvgIpc) is 2.36. The largest absolute Gasteiger partial charge is 0.481 e. The van der Waals surface area contributed by atoms with E-state index in [4.69, 9.17) is 0 Å². The summed E-state index contributed by atoms with van der Waals surface area (Å²) in [6.07, 6.45) is 4.04. The molecule has 0 spiro atoms. The highest BCUT2D eigenvalue weighted by Crippen LogP contribution is 2.31. The minimum atomic E-state index is -1.82. The minimum absolute atomic E-state index is 0.113. The fourth-order valence-electron chi connectivity index (χ4n) is 2.45. The van der Waals surface area contributed by atoms with Crippen LogP contribution in [0.15, 0.2) is 42.5 Å². The number of benzene rings is 1. The average molecular weight is 262 g/mol. The van der Waals surface area contributed by atoms with Gasteiger partial charge in [0, 0.05) is 0 Å². The van der Waals surface area contributed by atoms with E-state index in [9.17, 15) is 9.90 Å². The zero-order valence-corrected chi connectivity index (χ0v) is 12.6. The van der Waals surface area contributed by atoms with Gasteiger partial charge in [-0.1, -0.05) is 67.7 Å². The predicted molar refractivity (Wildman–Crippen MR) is 78.9 cm³/mol. The van der Waals surface area contributed by atoms with Gasteiger partial charge in [-0.3, -0.25) is 4.79 Å². The van der Waals surface area contributed by atoms with Crippen molar-refractivity contribution in [1.29, 1.82) is 0 Å². The van der Waals surface area contributed by atoms with E-state index in [-0.39, 0.29) is 11.5 Å². The van der Waals surface area contributed by atoms with Gasteiger partial charge in [-0.25, -0.2) is 0 Å². The molecule has 1 aromatic carbocycles. The van der Waals surface area contributed by atoms with Crippen LogP contribution in [0.4, 0.5) is 0 Å². The van der Waals surface area contributed by atoms with E-state index < -0.39 is 14.0 Å². The molecule has 0 saturated carbocycles. The normalized spacial score (nSPS) is 15.6. The summed E-state index contributed by atoms with van der Waals surface area (Å²) in [4.78, 5) is 11.3. The Hall–Kier alpha value is -1.35. The van der Waals surface area contributed by atoms with Crippen molar-refractivity contribution in [3.05, 3.63) is 42.5 Å². The van der Waals surface area contributed by atoms with E-state index in [2.05, 4.69) is 31.3 Å². The second-order valence-corrected chi connectivity index (χ2v) is 9.95. The molecule has 2 atom stereocenters. The Morgan fingerprint density at radius 2 is 1.83 bits per heavy atom. The summed E-state index contributed by atoms with van der Waals surface area (Å²) in [6, 6.07) is 10.3. The smallest absolute Gasteiger partial charge is 0.306 e. The molecule has 3 heteroatoms. The van der Waals surface area contributed by atoms with Crippen LogP contribution in [0, 0.1) is 5.92 Å². The molecule has 98 valence electrons. The summed E-state index contributed by atoms with van der Waals surface area (Å²) < 4.78 is 0. The molecule has 0 bridgehead atoms. The van der Waals surface area contributed by atoms with Gasteiger partial charge in [-0.2, -0.15) is 0 Å². The third kappa shape index (κ3) is 3.10. The molecule has 0 aliphatic carbocycles. The van der Waals surface area contributed by atoms with E-state index >= 15 is 0 Å². The zero-order valence-electron chi connectivity index (χ0n) is 11.6. The molecule has 0 aliphatic heterocycles. The molecule has 0 radical (unpaired) electrons. The van der Waals surface area contributed by atoms with Crippen molar-refractivity contribution in [2.45, 2.75) is 32.5 Å². The molecule has 18 heavy (non-hydrogen) atoms. The van der Waals surface area contributed by atoms with Crippen LogP contribution in [0.5, 0.6) is 0 Å². The van der Waals surface area contributed by atoms with Crippen LogP contribution in [0.2, 0.25) is 18.6 Å². The lowest BCUT2D eigenvalue weighted by Gasteiger charge is -2.33. The van der Waals surface area contributed by atoms with Crippen LogP contribution < -0.4 is 5.19 Å². The standard InChI is InChI=1S/C15H22O2Si/c1-5-9-14(12(2)15(16)17)18(3,4)13-10-7-6-8-11-13/h5-12,14H,1-4H3,(H,16,17)/b9-5+/t12-,14+/m0/s1. The summed E-state index contributed by atoms with van der Waals surface area (Å²) in [5.74, 6) is -1.06. The first-order valence-corrected chi connectivity index (χ1v) is 9.40. The second kappa shape index (κ2) is 6.00. The fourth-order valence-corrected chi connectivity index (χ4v) is 5.96. The van der Waals surface area contributed by atoms with Gasteiger partial charge in [0.05, 0.1) is 14.0 Å². The van der Waals surface area contributed by atoms with E-state index in [0.29, 0.717) is 0 Å². The molecule has 0 fully saturated rings. The maximum absolute atomic E-state index is 11.3. The summed E-state index contributed by atoms with van der Waals surface area (Å²) >= 11 is 0. The molecule has 2 nitrogen and oxygen atoms in total. The van der Waals surface area contributed by atoms with E-state index in [1.807, 2.05) is 38.1 Å². The van der Waals surface area contributed by atoms with Gasteiger partial charge in [0.15, 0.2) is 0 Å². The van der Waals surface area contributed by atoms with Gasteiger partial charge >= 0.3 is 5.97 Å². The van der Waals surface area contributed by atoms with Crippen molar-refractivity contribution in [3.63, 3.8) is 0 Å². The number of carboxylic acids is 1. The van der Waals surface area contributed by atoms with Crippen molar-refractivity contribution < 1.29 is 9.90 Å². The highest BCUT2D eigenvalue weighted by atomic mass is 28.3. The number of rotatable bonds is 5. The van der Waals surface area contributed by atoms with Crippen LogP contribution in [0.25, 0.3) is 0 Å². The lowest BCUT2D eigenvalue weighted by Crippen LogP contribution is -2.48. The van der Waals surface area contributed by atoms with E-state index in [1.165, 1.54) is 5.19 Å². The topological polar surface area (TPSA) is 37.3 Å². The summed E-state index contributed by atoms with van der Waals surface area (Å²) in [5, 5.41) is 10.6. The minimum Gasteiger partial charge on any atom is -0.481 e. The Morgan fingerprint density at radius 1 is 1.28 bits per heavy atom. The Morgan fingerprint density at radius 3 is 2.28 bits per heavy atom. The van der Waals surface area contributed by atoms with Gasteiger partial charge in [0.25, 0.3) is 0 Å². The molecule has 1 rings (SSSR count). The SMILES string of the molecule is C/C=C/[C@H]([C@H](C)C(=O)O)[Si](C)(C)c1ccccc1. The fraction of sp³-hybridized carbons (Fsp3) is 0.400. The third-order valence-electron chi connectivity index (χ3n) is 3.68. The van der Waals surface area contributed by atoms with Gasteiger partial charge in [0.1, 0.15) is 0 Å². The van der Waals surface area contributed by atoms with Crippen LogP contribution in [-0.2, 0) is 4.79 Å². The molecule has 0 heterocycles. The molecule has 0 unspecified atom stereocenters. The van der Waals surface area contributed by atoms with Gasteiger partial charge in [-0.15, -0.1) is 0 Å². The lowest BCUT2D eigenvalue weighted by molar-refractivity contribution is -0.141. The summed E-state index contributed by atoms with van der Waals surface area (Å²) in [7, 11) is -1.82. The quantitative estimate of drug-likeness (QED) is 0.653. The van der Waals surface area contributed by atoms with Crippen molar-refractivity contribution in [1.82, 2.24) is 0 Å². The molecule has 0 amide bonds. The Balaban J connectivity index is 3.16. The predicted octanol–water partition coefficient (Wildman–Crippen LogP) is 3.27. The van der Waals surface area contributed by atoms with Gasteiger partial charge in [-0.05, 0) is 12.5 Å². The molecule has 0 aliphatic rings. The second-order valence-electron chi connectivity index (χ2n) is 5.27. The monoisotopic (exact) mass is 262 g/mol. The molecular weight excluding hydrogens is 240 g/mol. The van der Waals surface area contributed by atoms with Gasteiger partial charge < -0.3 is 5.11 Å². The number of hydrogen-bond acceptors (Lipinski definition) is 1. The summed E-state index contributed by atoms with van der Waals surface area (Å²) in [5.41, 5.74) is 0.113. The van der Waals surface area contributed by atoms with Crippen LogP contribution in [0.1, 0.15) is 13.8 Å². The van der Waals surface area contributed by atoms with Crippen molar-refractivity contribution in [2.75, 3.05) is 0 Å². The first kappa shape index (κ1) is 14.7. The third-order valence-corrected chi connectivity index (χ3v) is 7.86. The maximum Gasteiger partial charge on any atom is 0.306 e. The van der Waals surface area contributed by atoms with Gasteiger partial charge in [0.2, 0.25) is 0 Å². The summed E-state index contributed by atoms with van der Waals surface area (Å²) in [6.45, 7) is 8.25.